The number of hydrogen-bond donors (Lipinski definition) is 0. The zero-order chi connectivity index (χ0) is 22.5. The maximum Gasteiger partial charge on any atom is 0.245 e. The standard InChI is InChI=1S/C21H37N5O3S/c1-7-24(8-2)21(27)16-23-11-13-25(14-12-23)20-10-9-19(15-22-20)30(28,29)26(17(3)4)18(5)6/h9-10,15,17-18H,7-8,11-14,16H2,1-6H3. The average Bonchev–Trinajstić information content (AvgIpc) is 2.68. The fraction of sp³-hybridized carbons (Fsp3) is 0.714. The topological polar surface area (TPSA) is 77.1 Å². The van der Waals surface area contributed by atoms with E-state index in [0.717, 1.165) is 45.1 Å². The van der Waals surface area contributed by atoms with Crippen LogP contribution in [0.15, 0.2) is 23.2 Å². The zero-order valence-electron chi connectivity index (χ0n) is 19.2. The van der Waals surface area contributed by atoms with Crippen molar-refractivity contribution in [1.82, 2.24) is 19.1 Å². The third-order valence-electron chi connectivity index (χ3n) is 5.49. The summed E-state index contributed by atoms with van der Waals surface area (Å²) in [6.07, 6.45) is 1.46. The number of nitrogens with zero attached hydrogens (tertiary/aromatic N) is 5. The van der Waals surface area contributed by atoms with Crippen LogP contribution >= 0.6 is 0 Å². The van der Waals surface area contributed by atoms with Crippen LogP contribution in [0.2, 0.25) is 0 Å². The molecule has 0 N–H and O–H groups in total. The van der Waals surface area contributed by atoms with Crippen molar-refractivity contribution in [2.45, 2.75) is 58.5 Å². The van der Waals surface area contributed by atoms with Gasteiger partial charge in [-0.25, -0.2) is 13.4 Å². The molecule has 1 saturated heterocycles. The van der Waals surface area contributed by atoms with Gasteiger partial charge in [-0.2, -0.15) is 4.31 Å². The number of rotatable bonds is 9. The molecule has 0 aliphatic carbocycles. The van der Waals surface area contributed by atoms with Gasteiger partial charge in [0.2, 0.25) is 15.9 Å². The number of aromatic nitrogens is 1. The number of amides is 1. The second-order valence-corrected chi connectivity index (χ2v) is 10.0. The molecule has 0 bridgehead atoms. The van der Waals surface area contributed by atoms with Gasteiger partial charge in [-0.3, -0.25) is 9.69 Å². The van der Waals surface area contributed by atoms with Gasteiger partial charge in [-0.1, -0.05) is 0 Å². The third-order valence-corrected chi connectivity index (χ3v) is 7.72. The molecule has 1 aliphatic heterocycles. The predicted molar refractivity (Wildman–Crippen MR) is 120 cm³/mol. The number of sulfonamides is 1. The van der Waals surface area contributed by atoms with Crippen molar-refractivity contribution in [3.8, 4) is 0 Å². The number of anilines is 1. The summed E-state index contributed by atoms with van der Waals surface area (Å²) in [5, 5.41) is 0. The van der Waals surface area contributed by atoms with E-state index in [1.165, 1.54) is 10.5 Å². The molecule has 1 aliphatic rings. The molecule has 0 atom stereocenters. The summed E-state index contributed by atoms with van der Waals surface area (Å²) in [5.41, 5.74) is 0. The summed E-state index contributed by atoms with van der Waals surface area (Å²) in [7, 11) is -3.58. The minimum absolute atomic E-state index is 0.123. The highest BCUT2D eigenvalue weighted by Gasteiger charge is 2.30. The first-order chi connectivity index (χ1) is 14.1. The Hall–Kier alpha value is -1.71. The minimum Gasteiger partial charge on any atom is -0.354 e. The molecule has 0 radical (unpaired) electrons. The molecule has 1 aromatic rings. The van der Waals surface area contributed by atoms with Gasteiger partial charge in [0.1, 0.15) is 10.7 Å². The van der Waals surface area contributed by atoms with Crippen molar-refractivity contribution in [1.29, 1.82) is 0 Å². The SMILES string of the molecule is CCN(CC)C(=O)CN1CCN(c2ccc(S(=O)(=O)N(C(C)C)C(C)C)cn2)CC1. The van der Waals surface area contributed by atoms with Gasteiger partial charge in [0.15, 0.2) is 0 Å². The Morgan fingerprint density at radius 2 is 1.60 bits per heavy atom. The average molecular weight is 440 g/mol. The molecule has 30 heavy (non-hydrogen) atoms. The number of piperazine rings is 1. The molecule has 0 spiro atoms. The van der Waals surface area contributed by atoms with E-state index in [4.69, 9.17) is 0 Å². The Morgan fingerprint density at radius 1 is 1.03 bits per heavy atom. The summed E-state index contributed by atoms with van der Waals surface area (Å²) in [5.74, 6) is 0.935. The van der Waals surface area contributed by atoms with Crippen molar-refractivity contribution in [3.63, 3.8) is 0 Å². The van der Waals surface area contributed by atoms with Gasteiger partial charge in [0.25, 0.3) is 0 Å². The maximum absolute atomic E-state index is 13.0. The highest BCUT2D eigenvalue weighted by Crippen LogP contribution is 2.22. The predicted octanol–water partition coefficient (Wildman–Crippen LogP) is 1.88. The molecule has 0 unspecified atom stereocenters. The first kappa shape index (κ1) is 24.6. The fourth-order valence-corrected chi connectivity index (χ4v) is 5.77. The molecule has 1 fully saturated rings. The summed E-state index contributed by atoms with van der Waals surface area (Å²) < 4.78 is 27.5. The van der Waals surface area contributed by atoms with Crippen LogP contribution in [0.3, 0.4) is 0 Å². The summed E-state index contributed by atoms with van der Waals surface area (Å²) in [6.45, 7) is 16.5. The van der Waals surface area contributed by atoms with Crippen LogP contribution in [0.4, 0.5) is 5.82 Å². The van der Waals surface area contributed by atoms with Crippen molar-refractivity contribution >= 4 is 21.7 Å². The molecule has 8 nitrogen and oxygen atoms in total. The first-order valence-electron chi connectivity index (χ1n) is 10.9. The van der Waals surface area contributed by atoms with E-state index >= 15 is 0 Å². The van der Waals surface area contributed by atoms with E-state index in [2.05, 4.69) is 14.8 Å². The van der Waals surface area contributed by atoms with Gasteiger partial charge in [0, 0.05) is 57.5 Å². The lowest BCUT2D eigenvalue weighted by atomic mass is 10.3. The Bertz CT molecular complexity index is 775. The number of pyridine rings is 1. The Balaban J connectivity index is 2.01. The van der Waals surface area contributed by atoms with Crippen LogP contribution in [-0.2, 0) is 14.8 Å². The first-order valence-corrected chi connectivity index (χ1v) is 12.3. The van der Waals surface area contributed by atoms with E-state index in [1.807, 2.05) is 46.4 Å². The lowest BCUT2D eigenvalue weighted by Gasteiger charge is -2.36. The van der Waals surface area contributed by atoms with E-state index in [9.17, 15) is 13.2 Å². The van der Waals surface area contributed by atoms with E-state index in [1.54, 1.807) is 12.1 Å². The van der Waals surface area contributed by atoms with Crippen LogP contribution in [0, 0.1) is 0 Å². The molecular weight excluding hydrogens is 402 g/mol. The normalized spacial score (nSPS) is 16.0. The number of carbonyl (C=O) groups is 1. The second kappa shape index (κ2) is 10.5. The van der Waals surface area contributed by atoms with Crippen LogP contribution in [0.5, 0.6) is 0 Å². The lowest BCUT2D eigenvalue weighted by molar-refractivity contribution is -0.132. The fourth-order valence-electron chi connectivity index (χ4n) is 3.99. The minimum atomic E-state index is -3.58. The van der Waals surface area contributed by atoms with Gasteiger partial charge < -0.3 is 9.80 Å². The largest absolute Gasteiger partial charge is 0.354 e. The summed E-state index contributed by atoms with van der Waals surface area (Å²) >= 11 is 0. The Kier molecular flexibility index (Phi) is 8.63. The smallest absolute Gasteiger partial charge is 0.245 e. The molecule has 0 saturated carbocycles. The Morgan fingerprint density at radius 3 is 2.03 bits per heavy atom. The summed E-state index contributed by atoms with van der Waals surface area (Å²) in [4.78, 5) is 23.1. The quantitative estimate of drug-likeness (QED) is 0.585. The van der Waals surface area contributed by atoms with Crippen LogP contribution in [0.1, 0.15) is 41.5 Å². The van der Waals surface area contributed by atoms with Gasteiger partial charge in [-0.15, -0.1) is 0 Å². The van der Waals surface area contributed by atoms with Crippen LogP contribution in [-0.4, -0.2) is 91.3 Å². The summed E-state index contributed by atoms with van der Waals surface area (Å²) in [6, 6.07) is 3.18. The molecule has 170 valence electrons. The van der Waals surface area contributed by atoms with E-state index < -0.39 is 10.0 Å². The number of likely N-dealkylation sites (N-methyl/N-ethyl adjacent to an activating group) is 1. The van der Waals surface area contributed by atoms with Gasteiger partial charge >= 0.3 is 0 Å². The van der Waals surface area contributed by atoms with Crippen LogP contribution in [0.25, 0.3) is 0 Å². The molecule has 0 aromatic carbocycles. The van der Waals surface area contributed by atoms with E-state index in [0.29, 0.717) is 6.54 Å². The molecule has 9 heteroatoms. The highest BCUT2D eigenvalue weighted by molar-refractivity contribution is 7.89. The number of hydrogen-bond acceptors (Lipinski definition) is 6. The maximum atomic E-state index is 13.0. The molecule has 1 aromatic heterocycles. The zero-order valence-corrected chi connectivity index (χ0v) is 20.0. The van der Waals surface area contributed by atoms with Crippen molar-refractivity contribution in [2.75, 3.05) is 50.7 Å². The van der Waals surface area contributed by atoms with Crippen molar-refractivity contribution in [2.24, 2.45) is 0 Å². The van der Waals surface area contributed by atoms with E-state index in [-0.39, 0.29) is 22.9 Å². The monoisotopic (exact) mass is 439 g/mol. The molecular formula is C21H37N5O3S. The second-order valence-electron chi connectivity index (χ2n) is 8.20. The lowest BCUT2D eigenvalue weighted by Crippen LogP contribution is -2.50. The Labute approximate surface area is 181 Å². The third kappa shape index (κ3) is 5.70. The molecule has 2 rings (SSSR count). The van der Waals surface area contributed by atoms with Gasteiger partial charge in [-0.05, 0) is 53.7 Å². The highest BCUT2D eigenvalue weighted by atomic mass is 32.2. The van der Waals surface area contributed by atoms with Gasteiger partial charge in [0.05, 0.1) is 6.54 Å². The van der Waals surface area contributed by atoms with Crippen LogP contribution < -0.4 is 4.90 Å². The molecule has 1 amide bonds. The molecule has 2 heterocycles. The number of carbonyl (C=O) groups excluding carboxylic acids is 1. The van der Waals surface area contributed by atoms with Crippen molar-refractivity contribution < 1.29 is 13.2 Å². The van der Waals surface area contributed by atoms with Crippen molar-refractivity contribution in [3.05, 3.63) is 18.3 Å².